The molecule has 6 heteroatoms. The van der Waals surface area contributed by atoms with E-state index in [1.807, 2.05) is 29.0 Å². The zero-order valence-corrected chi connectivity index (χ0v) is 13.7. The van der Waals surface area contributed by atoms with Crippen LogP contribution in [0.1, 0.15) is 31.8 Å². The Labute approximate surface area is 141 Å². The van der Waals surface area contributed by atoms with Crippen molar-refractivity contribution in [2.24, 2.45) is 0 Å². The van der Waals surface area contributed by atoms with E-state index in [0.717, 1.165) is 15.3 Å². The minimum atomic E-state index is -0.651. The van der Waals surface area contributed by atoms with Crippen LogP contribution in [0.25, 0.3) is 0 Å². The fourth-order valence-electron chi connectivity index (χ4n) is 2.14. The maximum atomic E-state index is 13.5. The zero-order chi connectivity index (χ0) is 16.2. The lowest BCUT2D eigenvalue weighted by atomic mass is 10.2. The average Bonchev–Trinajstić information content (AvgIpc) is 3.24. The minimum Gasteiger partial charge on any atom is -0.383 e. The first-order chi connectivity index (χ1) is 11.1. The van der Waals surface area contributed by atoms with Crippen LogP contribution in [0.3, 0.4) is 0 Å². The predicted octanol–water partition coefficient (Wildman–Crippen LogP) is 3.96. The van der Waals surface area contributed by atoms with Crippen LogP contribution in [0.2, 0.25) is 0 Å². The summed E-state index contributed by atoms with van der Waals surface area (Å²) in [5.41, 5.74) is 0.890. The first-order valence-corrected chi connectivity index (χ1v) is 8.72. The molecule has 0 aliphatic heterocycles. The highest BCUT2D eigenvalue weighted by atomic mass is 32.1. The molecule has 2 N–H and O–H groups in total. The Bertz CT molecular complexity index is 799. The SMILES string of the molecule is O=C(NCc1ccc(C(O)c2ccsc2)s1)c1ccccc1F. The number of carbonyl (C=O) groups excluding carboxylic acids is 1. The van der Waals surface area contributed by atoms with Gasteiger partial charge in [-0.3, -0.25) is 4.79 Å². The summed E-state index contributed by atoms with van der Waals surface area (Å²) in [6.45, 7) is 0.300. The molecular formula is C17H14FNO2S2. The Morgan fingerprint density at radius 2 is 2.04 bits per heavy atom. The molecule has 118 valence electrons. The van der Waals surface area contributed by atoms with E-state index in [9.17, 15) is 14.3 Å². The van der Waals surface area contributed by atoms with Crippen LogP contribution in [-0.2, 0) is 6.54 Å². The van der Waals surface area contributed by atoms with Crippen molar-refractivity contribution in [1.29, 1.82) is 0 Å². The van der Waals surface area contributed by atoms with E-state index < -0.39 is 17.8 Å². The maximum absolute atomic E-state index is 13.5. The third-order valence-electron chi connectivity index (χ3n) is 3.35. The van der Waals surface area contributed by atoms with Crippen LogP contribution < -0.4 is 5.32 Å². The summed E-state index contributed by atoms with van der Waals surface area (Å²) in [6, 6.07) is 11.5. The number of halogens is 1. The molecule has 0 fully saturated rings. The van der Waals surface area contributed by atoms with E-state index >= 15 is 0 Å². The Hall–Kier alpha value is -2.02. The van der Waals surface area contributed by atoms with Crippen LogP contribution in [0.4, 0.5) is 4.39 Å². The van der Waals surface area contributed by atoms with Crippen molar-refractivity contribution in [3.05, 3.63) is 79.9 Å². The second-order valence-corrected chi connectivity index (χ2v) is 6.91. The van der Waals surface area contributed by atoms with E-state index in [0.29, 0.717) is 6.54 Å². The molecule has 0 bridgehead atoms. The van der Waals surface area contributed by atoms with Gasteiger partial charge in [-0.15, -0.1) is 11.3 Å². The first kappa shape index (κ1) is 15.9. The Morgan fingerprint density at radius 3 is 2.78 bits per heavy atom. The number of amides is 1. The molecule has 23 heavy (non-hydrogen) atoms. The van der Waals surface area contributed by atoms with Gasteiger partial charge in [0.1, 0.15) is 11.9 Å². The van der Waals surface area contributed by atoms with Crippen molar-refractivity contribution in [2.45, 2.75) is 12.6 Å². The molecule has 0 aliphatic rings. The summed E-state index contributed by atoms with van der Waals surface area (Å²) >= 11 is 2.96. The maximum Gasteiger partial charge on any atom is 0.254 e. The number of hydrogen-bond acceptors (Lipinski definition) is 4. The highest BCUT2D eigenvalue weighted by Crippen LogP contribution is 2.29. The lowest BCUT2D eigenvalue weighted by molar-refractivity contribution is 0.0947. The van der Waals surface area contributed by atoms with Gasteiger partial charge in [0.25, 0.3) is 5.91 Å². The van der Waals surface area contributed by atoms with Gasteiger partial charge < -0.3 is 10.4 Å². The molecule has 1 aromatic carbocycles. The van der Waals surface area contributed by atoms with Crippen molar-refractivity contribution in [1.82, 2.24) is 5.32 Å². The molecule has 1 unspecified atom stereocenters. The molecule has 3 nitrogen and oxygen atoms in total. The van der Waals surface area contributed by atoms with Crippen molar-refractivity contribution < 1.29 is 14.3 Å². The van der Waals surface area contributed by atoms with Gasteiger partial charge in [-0.1, -0.05) is 12.1 Å². The molecule has 0 aliphatic carbocycles. The highest BCUT2D eigenvalue weighted by Gasteiger charge is 2.14. The van der Waals surface area contributed by atoms with E-state index in [-0.39, 0.29) is 5.56 Å². The monoisotopic (exact) mass is 347 g/mol. The predicted molar refractivity (Wildman–Crippen MR) is 90.3 cm³/mol. The second kappa shape index (κ2) is 7.04. The average molecular weight is 347 g/mol. The van der Waals surface area contributed by atoms with Crippen LogP contribution in [0, 0.1) is 5.82 Å². The Morgan fingerprint density at radius 1 is 1.22 bits per heavy atom. The summed E-state index contributed by atoms with van der Waals surface area (Å²) < 4.78 is 13.5. The molecule has 0 saturated carbocycles. The molecule has 2 aromatic heterocycles. The van der Waals surface area contributed by atoms with E-state index in [2.05, 4.69) is 5.32 Å². The minimum absolute atomic E-state index is 0.0302. The van der Waals surface area contributed by atoms with Gasteiger partial charge in [0.2, 0.25) is 0 Å². The van der Waals surface area contributed by atoms with Gasteiger partial charge in [-0.2, -0.15) is 11.3 Å². The van der Waals surface area contributed by atoms with E-state index in [4.69, 9.17) is 0 Å². The quantitative estimate of drug-likeness (QED) is 0.734. The van der Waals surface area contributed by atoms with Crippen molar-refractivity contribution in [3.8, 4) is 0 Å². The molecule has 0 spiro atoms. The molecule has 2 heterocycles. The van der Waals surface area contributed by atoms with Gasteiger partial charge in [0.15, 0.2) is 0 Å². The number of thiophene rings is 2. The number of nitrogens with one attached hydrogen (secondary N) is 1. The third-order valence-corrected chi connectivity index (χ3v) is 5.19. The third kappa shape index (κ3) is 3.67. The standard InChI is InChI=1S/C17H14FNO2S2/c18-14-4-2-1-3-13(14)17(21)19-9-12-5-6-15(23-12)16(20)11-7-8-22-10-11/h1-8,10,16,20H,9H2,(H,19,21). The summed E-state index contributed by atoms with van der Waals surface area (Å²) in [5, 5.41) is 16.8. The van der Waals surface area contributed by atoms with Crippen LogP contribution in [0.5, 0.6) is 0 Å². The normalized spacial score (nSPS) is 12.1. The number of benzene rings is 1. The molecule has 1 atom stereocenters. The number of hydrogen-bond donors (Lipinski definition) is 2. The molecular weight excluding hydrogens is 333 g/mol. The van der Waals surface area contributed by atoms with Crippen LogP contribution >= 0.6 is 22.7 Å². The van der Waals surface area contributed by atoms with Crippen molar-refractivity contribution >= 4 is 28.6 Å². The van der Waals surface area contributed by atoms with Crippen molar-refractivity contribution in [2.75, 3.05) is 0 Å². The highest BCUT2D eigenvalue weighted by molar-refractivity contribution is 7.12. The first-order valence-electron chi connectivity index (χ1n) is 6.96. The molecule has 3 aromatic rings. The fraction of sp³-hybridized carbons (Fsp3) is 0.118. The largest absolute Gasteiger partial charge is 0.383 e. The van der Waals surface area contributed by atoms with Gasteiger partial charge >= 0.3 is 0 Å². The molecule has 0 saturated heterocycles. The van der Waals surface area contributed by atoms with Crippen LogP contribution in [0.15, 0.2) is 53.2 Å². The van der Waals surface area contributed by atoms with E-state index in [1.165, 1.54) is 34.8 Å². The smallest absolute Gasteiger partial charge is 0.254 e. The molecule has 3 rings (SSSR count). The van der Waals surface area contributed by atoms with Gasteiger partial charge in [-0.25, -0.2) is 4.39 Å². The topological polar surface area (TPSA) is 49.3 Å². The number of aliphatic hydroxyl groups excluding tert-OH is 1. The second-order valence-electron chi connectivity index (χ2n) is 4.93. The zero-order valence-electron chi connectivity index (χ0n) is 12.0. The summed E-state index contributed by atoms with van der Waals surface area (Å²) in [7, 11) is 0. The fourth-order valence-corrected chi connectivity index (χ4v) is 3.79. The summed E-state index contributed by atoms with van der Waals surface area (Å²) in [5.74, 6) is -0.985. The number of carbonyl (C=O) groups is 1. The lowest BCUT2D eigenvalue weighted by Crippen LogP contribution is -2.23. The Balaban J connectivity index is 1.64. The number of rotatable bonds is 5. The van der Waals surface area contributed by atoms with Gasteiger partial charge in [0, 0.05) is 9.75 Å². The van der Waals surface area contributed by atoms with Crippen LogP contribution in [-0.4, -0.2) is 11.0 Å². The van der Waals surface area contributed by atoms with Gasteiger partial charge in [-0.05, 0) is 46.7 Å². The Kier molecular flexibility index (Phi) is 4.85. The summed E-state index contributed by atoms with van der Waals surface area (Å²) in [6.07, 6.45) is -0.651. The molecule has 0 radical (unpaired) electrons. The summed E-state index contributed by atoms with van der Waals surface area (Å²) in [4.78, 5) is 13.7. The number of aliphatic hydroxyl groups is 1. The van der Waals surface area contributed by atoms with Crippen molar-refractivity contribution in [3.63, 3.8) is 0 Å². The van der Waals surface area contributed by atoms with E-state index in [1.54, 1.807) is 12.1 Å². The van der Waals surface area contributed by atoms with Gasteiger partial charge in [0.05, 0.1) is 12.1 Å². The lowest BCUT2D eigenvalue weighted by Gasteiger charge is -2.06. The molecule has 1 amide bonds.